The second-order valence-corrected chi connectivity index (χ2v) is 8.26. The third kappa shape index (κ3) is 7.82. The summed E-state index contributed by atoms with van der Waals surface area (Å²) >= 11 is 1.70. The molecule has 0 heterocycles. The first-order valence-corrected chi connectivity index (χ1v) is 11.6. The van der Waals surface area contributed by atoms with E-state index in [0.29, 0.717) is 31.7 Å². The Bertz CT molecular complexity index is 784. The molecule has 2 aromatic carbocycles. The molecule has 1 atom stereocenters. The minimum Gasteiger partial charge on any atom is -0.354 e. The zero-order valence-corrected chi connectivity index (χ0v) is 18.6. The molecule has 2 amide bonds. The van der Waals surface area contributed by atoms with Gasteiger partial charge in [0.25, 0.3) is 0 Å². The van der Waals surface area contributed by atoms with E-state index in [2.05, 4.69) is 17.4 Å². The lowest BCUT2D eigenvalue weighted by Crippen LogP contribution is -2.49. The number of thioether (sulfide) groups is 1. The Morgan fingerprint density at radius 3 is 2.37 bits per heavy atom. The third-order valence-electron chi connectivity index (χ3n) is 4.77. The zero-order valence-electron chi connectivity index (χ0n) is 17.8. The van der Waals surface area contributed by atoms with Crippen molar-refractivity contribution >= 4 is 23.6 Å². The van der Waals surface area contributed by atoms with Crippen LogP contribution < -0.4 is 5.32 Å². The normalized spacial score (nSPS) is 11.7. The Morgan fingerprint density at radius 2 is 1.73 bits per heavy atom. The van der Waals surface area contributed by atoms with Crippen molar-refractivity contribution in [1.82, 2.24) is 10.2 Å². The predicted octanol–water partition coefficient (Wildman–Crippen LogP) is 4.78. The molecule has 4 nitrogen and oxygen atoms in total. The molecular formula is C24H31FN2O2S. The number of nitrogens with one attached hydrogen (secondary N) is 1. The summed E-state index contributed by atoms with van der Waals surface area (Å²) in [5.41, 5.74) is 2.03. The highest BCUT2D eigenvalue weighted by atomic mass is 32.2. The number of halogens is 1. The standard InChI is InChI=1S/C24H31FN2O2S/c1-3-15-26-24(29)22(4-2)27(17-19-10-12-21(25)13-11-19)23(28)14-16-30-18-20-8-6-5-7-9-20/h5-13,22H,3-4,14-18H2,1-2H3,(H,26,29)/t22-/m0/s1. The van der Waals surface area contributed by atoms with Gasteiger partial charge >= 0.3 is 0 Å². The van der Waals surface area contributed by atoms with Gasteiger partial charge in [-0.3, -0.25) is 9.59 Å². The lowest BCUT2D eigenvalue weighted by Gasteiger charge is -2.30. The van der Waals surface area contributed by atoms with Crippen LogP contribution in [0.2, 0.25) is 0 Å². The molecule has 1 N–H and O–H groups in total. The quantitative estimate of drug-likeness (QED) is 0.493. The maximum absolute atomic E-state index is 13.3. The molecular weight excluding hydrogens is 399 g/mol. The van der Waals surface area contributed by atoms with Gasteiger partial charge in [-0.1, -0.05) is 56.3 Å². The van der Waals surface area contributed by atoms with Crippen LogP contribution in [-0.4, -0.2) is 35.1 Å². The van der Waals surface area contributed by atoms with Gasteiger partial charge in [0.1, 0.15) is 11.9 Å². The Hall–Kier alpha value is -2.34. The molecule has 0 radical (unpaired) electrons. The van der Waals surface area contributed by atoms with Crippen LogP contribution in [0.1, 0.15) is 44.2 Å². The van der Waals surface area contributed by atoms with Gasteiger partial charge in [-0.15, -0.1) is 0 Å². The van der Waals surface area contributed by atoms with Crippen molar-refractivity contribution < 1.29 is 14.0 Å². The summed E-state index contributed by atoms with van der Waals surface area (Å²) in [5.74, 6) is 1.02. The number of benzene rings is 2. The molecule has 0 aliphatic carbocycles. The first-order valence-electron chi connectivity index (χ1n) is 10.5. The number of carbonyl (C=O) groups excluding carboxylic acids is 2. The fourth-order valence-corrected chi connectivity index (χ4v) is 4.03. The molecule has 0 aromatic heterocycles. The van der Waals surface area contributed by atoms with Crippen molar-refractivity contribution in [3.63, 3.8) is 0 Å². The summed E-state index contributed by atoms with van der Waals surface area (Å²) in [6.07, 6.45) is 1.72. The molecule has 0 fully saturated rings. The number of hydrogen-bond acceptors (Lipinski definition) is 3. The zero-order chi connectivity index (χ0) is 21.8. The van der Waals surface area contributed by atoms with Crippen molar-refractivity contribution in [3.05, 3.63) is 71.5 Å². The number of nitrogens with zero attached hydrogens (tertiary/aromatic N) is 1. The van der Waals surface area contributed by atoms with Crippen LogP contribution in [0.15, 0.2) is 54.6 Å². The fraction of sp³-hybridized carbons (Fsp3) is 0.417. The molecule has 0 spiro atoms. The lowest BCUT2D eigenvalue weighted by molar-refractivity contribution is -0.141. The average molecular weight is 431 g/mol. The van der Waals surface area contributed by atoms with Crippen LogP contribution in [0.3, 0.4) is 0 Å². The van der Waals surface area contributed by atoms with Crippen molar-refractivity contribution in [2.75, 3.05) is 12.3 Å². The molecule has 0 saturated heterocycles. The number of amides is 2. The predicted molar refractivity (Wildman–Crippen MR) is 122 cm³/mol. The van der Waals surface area contributed by atoms with Crippen LogP contribution in [0.4, 0.5) is 4.39 Å². The fourth-order valence-electron chi connectivity index (χ4n) is 3.14. The smallest absolute Gasteiger partial charge is 0.242 e. The van der Waals surface area contributed by atoms with Crippen molar-refractivity contribution in [1.29, 1.82) is 0 Å². The van der Waals surface area contributed by atoms with Crippen LogP contribution >= 0.6 is 11.8 Å². The van der Waals surface area contributed by atoms with Gasteiger partial charge in [-0.2, -0.15) is 11.8 Å². The van der Waals surface area contributed by atoms with E-state index in [4.69, 9.17) is 0 Å². The summed E-state index contributed by atoms with van der Waals surface area (Å²) in [7, 11) is 0. The number of rotatable bonds is 12. The van der Waals surface area contributed by atoms with E-state index in [0.717, 1.165) is 17.7 Å². The largest absolute Gasteiger partial charge is 0.354 e. The minimum absolute atomic E-state index is 0.0571. The van der Waals surface area contributed by atoms with Gasteiger partial charge in [0, 0.05) is 31.0 Å². The van der Waals surface area contributed by atoms with Gasteiger partial charge in [0.2, 0.25) is 11.8 Å². The molecule has 6 heteroatoms. The van der Waals surface area contributed by atoms with Crippen LogP contribution in [-0.2, 0) is 21.9 Å². The maximum atomic E-state index is 13.3. The topological polar surface area (TPSA) is 49.4 Å². The highest BCUT2D eigenvalue weighted by Crippen LogP contribution is 2.17. The van der Waals surface area contributed by atoms with E-state index in [1.54, 1.807) is 28.8 Å². The van der Waals surface area contributed by atoms with Gasteiger partial charge in [-0.05, 0) is 36.1 Å². The van der Waals surface area contributed by atoms with Crippen molar-refractivity contribution in [2.24, 2.45) is 0 Å². The van der Waals surface area contributed by atoms with E-state index in [9.17, 15) is 14.0 Å². The second-order valence-electron chi connectivity index (χ2n) is 7.15. The summed E-state index contributed by atoms with van der Waals surface area (Å²) in [6, 6.07) is 15.7. The van der Waals surface area contributed by atoms with E-state index in [1.807, 2.05) is 32.0 Å². The van der Waals surface area contributed by atoms with E-state index >= 15 is 0 Å². The van der Waals surface area contributed by atoms with Crippen LogP contribution in [0, 0.1) is 5.82 Å². The number of hydrogen-bond donors (Lipinski definition) is 1. The van der Waals surface area contributed by atoms with Gasteiger partial charge < -0.3 is 10.2 Å². The minimum atomic E-state index is -0.534. The Balaban J connectivity index is 2.03. The summed E-state index contributed by atoms with van der Waals surface area (Å²) in [6.45, 7) is 4.78. The van der Waals surface area contributed by atoms with Gasteiger partial charge in [0.05, 0.1) is 0 Å². The Kier molecular flexibility index (Phi) is 10.4. The van der Waals surface area contributed by atoms with E-state index < -0.39 is 6.04 Å². The van der Waals surface area contributed by atoms with Crippen LogP contribution in [0.5, 0.6) is 0 Å². The summed E-state index contributed by atoms with van der Waals surface area (Å²) in [4.78, 5) is 27.4. The summed E-state index contributed by atoms with van der Waals surface area (Å²) in [5, 5.41) is 2.90. The first kappa shape index (κ1) is 23.9. The monoisotopic (exact) mass is 430 g/mol. The van der Waals surface area contributed by atoms with Crippen LogP contribution in [0.25, 0.3) is 0 Å². The number of carbonyl (C=O) groups is 2. The highest BCUT2D eigenvalue weighted by molar-refractivity contribution is 7.98. The van der Waals surface area contributed by atoms with Gasteiger partial charge in [-0.25, -0.2) is 4.39 Å². The second kappa shape index (κ2) is 13.1. The average Bonchev–Trinajstić information content (AvgIpc) is 2.77. The molecule has 0 aliphatic rings. The Labute approximate surface area is 183 Å². The maximum Gasteiger partial charge on any atom is 0.242 e. The van der Waals surface area contributed by atoms with E-state index in [-0.39, 0.29) is 17.6 Å². The van der Waals surface area contributed by atoms with Crippen molar-refractivity contribution in [2.45, 2.75) is 51.4 Å². The van der Waals surface area contributed by atoms with E-state index in [1.165, 1.54) is 17.7 Å². The van der Waals surface area contributed by atoms with Gasteiger partial charge in [0.15, 0.2) is 0 Å². The molecule has 2 rings (SSSR count). The molecule has 0 saturated carbocycles. The molecule has 30 heavy (non-hydrogen) atoms. The summed E-state index contributed by atoms with van der Waals surface area (Å²) < 4.78 is 13.3. The highest BCUT2D eigenvalue weighted by Gasteiger charge is 2.28. The van der Waals surface area contributed by atoms with Crippen molar-refractivity contribution in [3.8, 4) is 0 Å². The SMILES string of the molecule is CCCNC(=O)[C@H](CC)N(Cc1ccc(F)cc1)C(=O)CCSCc1ccccc1. The molecule has 2 aromatic rings. The first-order chi connectivity index (χ1) is 14.5. The Morgan fingerprint density at radius 1 is 1.03 bits per heavy atom. The third-order valence-corrected chi connectivity index (χ3v) is 5.80. The molecule has 162 valence electrons. The lowest BCUT2D eigenvalue weighted by atomic mass is 10.1. The molecule has 0 bridgehead atoms. The molecule has 0 unspecified atom stereocenters. The molecule has 0 aliphatic heterocycles.